The number of rotatable bonds is 4. The predicted octanol–water partition coefficient (Wildman–Crippen LogP) is 3.74. The minimum atomic E-state index is -0.236. The molecule has 108 valence electrons. The molecule has 3 N–H and O–H groups in total. The molecule has 3 nitrogen and oxygen atoms in total. The van der Waals surface area contributed by atoms with Crippen molar-refractivity contribution in [2.45, 2.75) is 29.4 Å². The fourth-order valence-electron chi connectivity index (χ4n) is 2.24. The Hall–Kier alpha value is -1.85. The molecule has 5 heteroatoms. The lowest BCUT2D eigenvalue weighted by Crippen LogP contribution is -2.18. The number of nitrogens with zero attached hydrogens (tertiary/aromatic N) is 1. The highest BCUT2D eigenvalue weighted by Gasteiger charge is 2.10. The zero-order valence-corrected chi connectivity index (χ0v) is 12.5. The van der Waals surface area contributed by atoms with E-state index in [1.54, 1.807) is 12.1 Å². The summed E-state index contributed by atoms with van der Waals surface area (Å²) in [5.41, 5.74) is 8.68. The van der Waals surface area contributed by atoms with Gasteiger partial charge in [-0.2, -0.15) is 0 Å². The quantitative estimate of drug-likeness (QED) is 0.772. The van der Waals surface area contributed by atoms with Gasteiger partial charge in [-0.1, -0.05) is 23.9 Å². The standard InChI is InChI=1S/C16H16FN3S/c1-10(18)8-11-9-12(17)6-7-15(11)21-16-19-13-4-2-3-5-14(13)20-16/h2-7,9-10H,8,18H2,1H3,(H,19,20). The third kappa shape index (κ3) is 3.25. The zero-order valence-electron chi connectivity index (χ0n) is 11.6. The molecule has 3 aromatic rings. The molecule has 0 radical (unpaired) electrons. The number of H-pyrrole nitrogens is 1. The lowest BCUT2D eigenvalue weighted by Gasteiger charge is -2.10. The molecule has 1 heterocycles. The van der Waals surface area contributed by atoms with Crippen LogP contribution in [0.25, 0.3) is 11.0 Å². The summed E-state index contributed by atoms with van der Waals surface area (Å²) in [6.45, 7) is 1.92. The van der Waals surface area contributed by atoms with Crippen LogP contribution >= 0.6 is 11.8 Å². The lowest BCUT2D eigenvalue weighted by atomic mass is 10.1. The van der Waals surface area contributed by atoms with E-state index in [1.165, 1.54) is 17.8 Å². The van der Waals surface area contributed by atoms with Gasteiger partial charge in [0, 0.05) is 10.9 Å². The van der Waals surface area contributed by atoms with Gasteiger partial charge in [-0.15, -0.1) is 0 Å². The van der Waals surface area contributed by atoms with Crippen LogP contribution in [0.1, 0.15) is 12.5 Å². The first-order valence-electron chi connectivity index (χ1n) is 6.78. The Kier molecular flexibility index (Phi) is 3.94. The normalized spacial score (nSPS) is 12.7. The number of aromatic amines is 1. The van der Waals surface area contributed by atoms with E-state index in [-0.39, 0.29) is 11.9 Å². The third-order valence-electron chi connectivity index (χ3n) is 3.14. The highest BCUT2D eigenvalue weighted by Crippen LogP contribution is 2.31. The van der Waals surface area contributed by atoms with E-state index in [4.69, 9.17) is 5.73 Å². The van der Waals surface area contributed by atoms with Crippen molar-refractivity contribution in [2.75, 3.05) is 0 Å². The molecular formula is C16H16FN3S. The summed E-state index contributed by atoms with van der Waals surface area (Å²) in [6, 6.07) is 12.7. The molecule has 0 saturated carbocycles. The van der Waals surface area contributed by atoms with Crippen molar-refractivity contribution in [1.82, 2.24) is 9.97 Å². The zero-order chi connectivity index (χ0) is 14.8. The number of para-hydroxylation sites is 2. The summed E-state index contributed by atoms with van der Waals surface area (Å²) in [7, 11) is 0. The first-order chi connectivity index (χ1) is 10.1. The molecule has 21 heavy (non-hydrogen) atoms. The summed E-state index contributed by atoms with van der Waals surface area (Å²) in [5, 5.41) is 0.800. The Labute approximate surface area is 126 Å². The Morgan fingerprint density at radius 2 is 2.10 bits per heavy atom. The van der Waals surface area contributed by atoms with Gasteiger partial charge >= 0.3 is 0 Å². The Balaban J connectivity index is 1.93. The summed E-state index contributed by atoms with van der Waals surface area (Å²) in [4.78, 5) is 8.78. The lowest BCUT2D eigenvalue weighted by molar-refractivity contribution is 0.620. The topological polar surface area (TPSA) is 54.7 Å². The average Bonchev–Trinajstić information content (AvgIpc) is 2.83. The van der Waals surface area contributed by atoms with E-state index in [9.17, 15) is 4.39 Å². The number of aromatic nitrogens is 2. The van der Waals surface area contributed by atoms with E-state index >= 15 is 0 Å². The van der Waals surface area contributed by atoms with Crippen LogP contribution in [0.15, 0.2) is 52.5 Å². The van der Waals surface area contributed by atoms with Crippen LogP contribution in [0.4, 0.5) is 4.39 Å². The largest absolute Gasteiger partial charge is 0.333 e. The van der Waals surface area contributed by atoms with E-state index < -0.39 is 0 Å². The number of benzene rings is 2. The van der Waals surface area contributed by atoms with Gasteiger partial charge in [0.05, 0.1) is 11.0 Å². The molecule has 2 aromatic carbocycles. The van der Waals surface area contributed by atoms with Crippen molar-refractivity contribution in [3.05, 3.63) is 53.8 Å². The molecule has 3 rings (SSSR count). The van der Waals surface area contributed by atoms with Crippen LogP contribution in [0, 0.1) is 5.82 Å². The van der Waals surface area contributed by atoms with Crippen molar-refractivity contribution in [3.63, 3.8) is 0 Å². The maximum Gasteiger partial charge on any atom is 0.171 e. The van der Waals surface area contributed by atoms with Crippen LogP contribution in [0.3, 0.4) is 0 Å². The average molecular weight is 301 g/mol. The van der Waals surface area contributed by atoms with Gasteiger partial charge in [0.15, 0.2) is 5.16 Å². The summed E-state index contributed by atoms with van der Waals surface area (Å²) < 4.78 is 13.4. The second kappa shape index (κ2) is 5.87. The fourth-order valence-corrected chi connectivity index (χ4v) is 3.16. The number of hydrogen-bond acceptors (Lipinski definition) is 3. The Morgan fingerprint density at radius 3 is 2.86 bits per heavy atom. The van der Waals surface area contributed by atoms with Gasteiger partial charge in [0.25, 0.3) is 0 Å². The van der Waals surface area contributed by atoms with Crippen molar-refractivity contribution in [1.29, 1.82) is 0 Å². The Morgan fingerprint density at radius 1 is 1.29 bits per heavy atom. The minimum Gasteiger partial charge on any atom is -0.333 e. The highest BCUT2D eigenvalue weighted by atomic mass is 32.2. The fraction of sp³-hybridized carbons (Fsp3) is 0.188. The molecule has 0 aliphatic carbocycles. The molecule has 0 saturated heterocycles. The van der Waals surface area contributed by atoms with E-state index in [0.717, 1.165) is 26.6 Å². The third-order valence-corrected chi connectivity index (χ3v) is 4.14. The summed E-state index contributed by atoms with van der Waals surface area (Å²) in [6.07, 6.45) is 0.639. The molecule has 0 amide bonds. The second-order valence-corrected chi connectivity index (χ2v) is 6.13. The van der Waals surface area contributed by atoms with Crippen molar-refractivity contribution in [3.8, 4) is 0 Å². The van der Waals surface area contributed by atoms with Gasteiger partial charge in [0.1, 0.15) is 5.82 Å². The van der Waals surface area contributed by atoms with Crippen LogP contribution in [0.5, 0.6) is 0 Å². The first-order valence-corrected chi connectivity index (χ1v) is 7.60. The SMILES string of the molecule is CC(N)Cc1cc(F)ccc1Sc1nc2ccccc2[nH]1. The summed E-state index contributed by atoms with van der Waals surface area (Å²) >= 11 is 1.50. The van der Waals surface area contributed by atoms with Crippen LogP contribution in [0.2, 0.25) is 0 Å². The van der Waals surface area contributed by atoms with Gasteiger partial charge in [-0.05, 0) is 49.2 Å². The van der Waals surface area contributed by atoms with Gasteiger partial charge in [0.2, 0.25) is 0 Å². The van der Waals surface area contributed by atoms with Crippen LogP contribution in [-0.2, 0) is 6.42 Å². The summed E-state index contributed by atoms with van der Waals surface area (Å²) in [5.74, 6) is -0.236. The molecular weight excluding hydrogens is 285 g/mol. The number of nitrogens with one attached hydrogen (secondary N) is 1. The van der Waals surface area contributed by atoms with E-state index in [0.29, 0.717) is 6.42 Å². The van der Waals surface area contributed by atoms with Crippen molar-refractivity contribution in [2.24, 2.45) is 5.73 Å². The molecule has 1 aromatic heterocycles. The smallest absolute Gasteiger partial charge is 0.171 e. The Bertz CT molecular complexity index is 734. The van der Waals surface area contributed by atoms with Crippen LogP contribution < -0.4 is 5.73 Å². The van der Waals surface area contributed by atoms with Gasteiger partial charge in [-0.3, -0.25) is 0 Å². The van der Waals surface area contributed by atoms with Gasteiger partial charge in [-0.25, -0.2) is 9.37 Å². The van der Waals surface area contributed by atoms with Crippen molar-refractivity contribution >= 4 is 22.8 Å². The number of fused-ring (bicyclic) bond motifs is 1. The minimum absolute atomic E-state index is 0.0122. The highest BCUT2D eigenvalue weighted by molar-refractivity contribution is 7.99. The molecule has 0 fully saturated rings. The maximum atomic E-state index is 13.4. The molecule has 0 bridgehead atoms. The molecule has 0 aliphatic heterocycles. The van der Waals surface area contributed by atoms with Gasteiger partial charge < -0.3 is 10.7 Å². The molecule has 1 atom stereocenters. The molecule has 1 unspecified atom stereocenters. The second-order valence-electron chi connectivity index (χ2n) is 5.09. The van der Waals surface area contributed by atoms with E-state index in [1.807, 2.05) is 31.2 Å². The number of halogens is 1. The predicted molar refractivity (Wildman–Crippen MR) is 84.0 cm³/mol. The molecule has 0 aliphatic rings. The number of imidazole rings is 1. The van der Waals surface area contributed by atoms with Crippen LogP contribution in [-0.4, -0.2) is 16.0 Å². The van der Waals surface area contributed by atoms with E-state index in [2.05, 4.69) is 9.97 Å². The maximum absolute atomic E-state index is 13.4. The monoisotopic (exact) mass is 301 g/mol. The number of hydrogen-bond donors (Lipinski definition) is 2. The molecule has 0 spiro atoms. The number of nitrogens with two attached hydrogens (primary N) is 1. The van der Waals surface area contributed by atoms with Crippen molar-refractivity contribution < 1.29 is 4.39 Å². The first kappa shape index (κ1) is 14.1.